The predicted octanol–water partition coefficient (Wildman–Crippen LogP) is 4.66. The van der Waals surface area contributed by atoms with Crippen LogP contribution in [0.25, 0.3) is 0 Å². The van der Waals surface area contributed by atoms with Crippen molar-refractivity contribution < 1.29 is 17.9 Å². The van der Waals surface area contributed by atoms with Gasteiger partial charge in [0.1, 0.15) is 5.56 Å². The molecule has 1 aromatic carbocycles. The van der Waals surface area contributed by atoms with Gasteiger partial charge in [-0.05, 0) is 47.2 Å². The largest absolute Gasteiger partial charge is 0.463 e. The molecule has 0 atom stereocenters. The number of nitrogens with zero attached hydrogens (tertiary/aromatic N) is 3. The van der Waals surface area contributed by atoms with Crippen molar-refractivity contribution in [2.24, 2.45) is 0 Å². The van der Waals surface area contributed by atoms with Crippen molar-refractivity contribution in [2.45, 2.75) is 19.5 Å². The van der Waals surface area contributed by atoms with Crippen LogP contribution >= 0.6 is 22.6 Å². The Labute approximate surface area is 145 Å². The fourth-order valence-electron chi connectivity index (χ4n) is 1.88. The highest BCUT2D eigenvalue weighted by Gasteiger charge is 2.36. The van der Waals surface area contributed by atoms with E-state index in [2.05, 4.69) is 32.6 Å². The van der Waals surface area contributed by atoms with E-state index in [4.69, 9.17) is 4.74 Å². The first kappa shape index (κ1) is 17.8. The van der Waals surface area contributed by atoms with Crippen LogP contribution in [0.2, 0.25) is 0 Å². The first-order valence-electron chi connectivity index (χ1n) is 6.89. The molecule has 0 amide bonds. The number of aromatic nitrogens is 2. The number of rotatable bonds is 5. The van der Waals surface area contributed by atoms with Gasteiger partial charge in [0.25, 0.3) is 0 Å². The van der Waals surface area contributed by atoms with Crippen molar-refractivity contribution in [2.75, 3.05) is 18.6 Å². The lowest BCUT2D eigenvalue weighted by Crippen LogP contribution is -2.19. The molecule has 8 heteroatoms. The second-order valence-electron chi connectivity index (χ2n) is 4.77. The van der Waals surface area contributed by atoms with Crippen LogP contribution in [-0.2, 0) is 6.18 Å². The second kappa shape index (κ2) is 7.33. The summed E-state index contributed by atoms with van der Waals surface area (Å²) < 4.78 is 45.9. The van der Waals surface area contributed by atoms with Gasteiger partial charge in [0.05, 0.1) is 6.61 Å². The summed E-state index contributed by atoms with van der Waals surface area (Å²) >= 11 is 2.10. The van der Waals surface area contributed by atoms with Crippen molar-refractivity contribution >= 4 is 34.1 Å². The third-order valence-electron chi connectivity index (χ3n) is 3.00. The van der Waals surface area contributed by atoms with Gasteiger partial charge in [0.15, 0.2) is 5.82 Å². The van der Waals surface area contributed by atoms with Crippen molar-refractivity contribution in [3.8, 4) is 6.01 Å². The third kappa shape index (κ3) is 4.46. The normalized spacial score (nSPS) is 11.4. The van der Waals surface area contributed by atoms with Crippen LogP contribution in [0.5, 0.6) is 6.01 Å². The molecule has 23 heavy (non-hydrogen) atoms. The summed E-state index contributed by atoms with van der Waals surface area (Å²) in [5.74, 6) is -0.236. The highest BCUT2D eigenvalue weighted by atomic mass is 127. The van der Waals surface area contributed by atoms with Crippen molar-refractivity contribution in [1.82, 2.24) is 9.97 Å². The van der Waals surface area contributed by atoms with E-state index >= 15 is 0 Å². The molecule has 124 valence electrons. The van der Waals surface area contributed by atoms with E-state index in [1.807, 2.05) is 13.0 Å². The van der Waals surface area contributed by atoms with E-state index in [0.717, 1.165) is 9.77 Å². The van der Waals surface area contributed by atoms with Gasteiger partial charge < -0.3 is 9.64 Å². The molecule has 2 rings (SSSR count). The lowest BCUT2D eigenvalue weighted by molar-refractivity contribution is -0.137. The number of alkyl halides is 3. The van der Waals surface area contributed by atoms with Crippen LogP contribution in [0.15, 0.2) is 30.5 Å². The SMILES string of the molecule is CCCOc1ncc(C(F)(F)F)c(N(C)c2cccc(I)c2)n1. The topological polar surface area (TPSA) is 38.2 Å². The molecule has 0 spiro atoms. The van der Waals surface area contributed by atoms with E-state index in [1.54, 1.807) is 18.2 Å². The number of hydrogen-bond donors (Lipinski definition) is 0. The van der Waals surface area contributed by atoms with Gasteiger partial charge in [-0.25, -0.2) is 4.98 Å². The van der Waals surface area contributed by atoms with Crippen molar-refractivity contribution in [3.63, 3.8) is 0 Å². The van der Waals surface area contributed by atoms with Crippen molar-refractivity contribution in [1.29, 1.82) is 0 Å². The molecule has 0 fully saturated rings. The maximum absolute atomic E-state index is 13.2. The molecular formula is C15H15F3IN3O. The van der Waals surface area contributed by atoms with E-state index in [1.165, 1.54) is 11.9 Å². The first-order valence-corrected chi connectivity index (χ1v) is 7.97. The molecule has 0 aliphatic heterocycles. The van der Waals surface area contributed by atoms with Crippen LogP contribution in [-0.4, -0.2) is 23.6 Å². The molecule has 4 nitrogen and oxygen atoms in total. The highest BCUT2D eigenvalue weighted by molar-refractivity contribution is 14.1. The summed E-state index contributed by atoms with van der Waals surface area (Å²) in [4.78, 5) is 8.99. The average molecular weight is 437 g/mol. The molecule has 2 aromatic rings. The summed E-state index contributed by atoms with van der Waals surface area (Å²) in [5, 5.41) is 0. The van der Waals surface area contributed by atoms with Crippen LogP contribution in [0.3, 0.4) is 0 Å². The van der Waals surface area contributed by atoms with Crippen LogP contribution in [0, 0.1) is 3.57 Å². The number of anilines is 2. The van der Waals surface area contributed by atoms with Crippen LogP contribution in [0.1, 0.15) is 18.9 Å². The summed E-state index contributed by atoms with van der Waals surface area (Å²) in [7, 11) is 1.53. The summed E-state index contributed by atoms with van der Waals surface area (Å²) in [6, 6.07) is 7.06. The Morgan fingerprint density at radius 1 is 1.30 bits per heavy atom. The Morgan fingerprint density at radius 2 is 2.04 bits per heavy atom. The number of ether oxygens (including phenoxy) is 1. The quantitative estimate of drug-likeness (QED) is 0.639. The minimum atomic E-state index is -4.55. The minimum Gasteiger partial charge on any atom is -0.463 e. The molecule has 0 saturated carbocycles. The van der Waals surface area contributed by atoms with Gasteiger partial charge in [0.2, 0.25) is 0 Å². The lowest BCUT2D eigenvalue weighted by atomic mass is 10.2. The molecular weight excluding hydrogens is 422 g/mol. The summed E-state index contributed by atoms with van der Waals surface area (Å²) in [5.41, 5.74) is -0.301. The fourth-order valence-corrected chi connectivity index (χ4v) is 2.41. The Bertz CT molecular complexity index is 679. The summed E-state index contributed by atoms with van der Waals surface area (Å²) in [6.07, 6.45) is -3.07. The zero-order chi connectivity index (χ0) is 17.0. The molecule has 1 heterocycles. The van der Waals surface area contributed by atoms with Gasteiger partial charge >= 0.3 is 12.2 Å². The van der Waals surface area contributed by atoms with Crippen molar-refractivity contribution in [3.05, 3.63) is 39.6 Å². The maximum Gasteiger partial charge on any atom is 0.421 e. The van der Waals surface area contributed by atoms with Crippen LogP contribution < -0.4 is 9.64 Å². The van der Waals surface area contributed by atoms with E-state index < -0.39 is 11.7 Å². The Kier molecular flexibility index (Phi) is 5.66. The molecule has 1 aromatic heterocycles. The Morgan fingerprint density at radius 3 is 2.65 bits per heavy atom. The molecule has 0 bridgehead atoms. The van der Waals surface area contributed by atoms with E-state index in [0.29, 0.717) is 18.7 Å². The van der Waals surface area contributed by atoms with Gasteiger partial charge in [0, 0.05) is 22.5 Å². The third-order valence-corrected chi connectivity index (χ3v) is 3.67. The van der Waals surface area contributed by atoms with Gasteiger partial charge in [-0.15, -0.1) is 0 Å². The maximum atomic E-state index is 13.2. The first-order chi connectivity index (χ1) is 10.8. The number of hydrogen-bond acceptors (Lipinski definition) is 4. The number of benzene rings is 1. The zero-order valence-corrected chi connectivity index (χ0v) is 14.7. The van der Waals surface area contributed by atoms with Gasteiger partial charge in [-0.2, -0.15) is 18.2 Å². The fraction of sp³-hybridized carbons (Fsp3) is 0.333. The molecule has 0 saturated heterocycles. The standard InChI is InChI=1S/C15H15F3IN3O/c1-3-7-23-14-20-9-12(15(16,17)18)13(21-14)22(2)11-6-4-5-10(19)8-11/h4-6,8-9H,3,7H2,1-2H3. The summed E-state index contributed by atoms with van der Waals surface area (Å²) in [6.45, 7) is 2.24. The average Bonchev–Trinajstić information content (AvgIpc) is 2.51. The molecule has 0 aliphatic rings. The lowest BCUT2D eigenvalue weighted by Gasteiger charge is -2.22. The van der Waals surface area contributed by atoms with E-state index in [9.17, 15) is 13.2 Å². The number of halogens is 4. The van der Waals surface area contributed by atoms with Gasteiger partial charge in [-0.3, -0.25) is 0 Å². The smallest absolute Gasteiger partial charge is 0.421 e. The zero-order valence-electron chi connectivity index (χ0n) is 12.6. The molecule has 0 aliphatic carbocycles. The molecule has 0 N–H and O–H groups in total. The van der Waals surface area contributed by atoms with E-state index in [-0.39, 0.29) is 11.8 Å². The van der Waals surface area contributed by atoms with Crippen LogP contribution in [0.4, 0.5) is 24.7 Å². The highest BCUT2D eigenvalue weighted by Crippen LogP contribution is 2.37. The molecule has 0 radical (unpaired) electrons. The second-order valence-corrected chi connectivity index (χ2v) is 6.02. The predicted molar refractivity (Wildman–Crippen MR) is 90.0 cm³/mol. The van der Waals surface area contributed by atoms with Gasteiger partial charge in [-0.1, -0.05) is 13.0 Å². The minimum absolute atomic E-state index is 0.0627. The Hall–Kier alpha value is -1.58. The monoisotopic (exact) mass is 437 g/mol. The Balaban J connectivity index is 2.47. The molecule has 0 unspecified atom stereocenters.